The van der Waals surface area contributed by atoms with Crippen molar-refractivity contribution in [3.8, 4) is 0 Å². The average Bonchev–Trinajstić information content (AvgIpc) is 2.86. The summed E-state index contributed by atoms with van der Waals surface area (Å²) in [4.78, 5) is 4.42. The Morgan fingerprint density at radius 3 is 2.90 bits per heavy atom. The first-order chi connectivity index (χ1) is 9.50. The van der Waals surface area contributed by atoms with Crippen molar-refractivity contribution in [2.45, 2.75) is 38.2 Å². The number of fused-ring (bicyclic) bond motifs is 1. The Hall–Kier alpha value is -1.74. The van der Waals surface area contributed by atoms with Gasteiger partial charge in [-0.3, -0.25) is 4.98 Å². The Morgan fingerprint density at radius 2 is 2.15 bits per heavy atom. The lowest BCUT2D eigenvalue weighted by Crippen LogP contribution is -2.29. The molecule has 0 spiro atoms. The summed E-state index contributed by atoms with van der Waals surface area (Å²) in [6, 6.07) is 8.93. The van der Waals surface area contributed by atoms with E-state index in [1.165, 1.54) is 11.6 Å². The van der Waals surface area contributed by atoms with Gasteiger partial charge in [-0.05, 0) is 55.5 Å². The number of benzene rings is 1. The van der Waals surface area contributed by atoms with Gasteiger partial charge in [0.05, 0.1) is 5.60 Å². The third kappa shape index (κ3) is 2.02. The largest absolute Gasteiger partial charge is 0.385 e. The molecule has 0 saturated carbocycles. The van der Waals surface area contributed by atoms with Gasteiger partial charge >= 0.3 is 0 Å². The molecule has 0 fully saturated rings. The number of aliphatic hydroxyl groups is 1. The molecule has 20 heavy (non-hydrogen) atoms. The SMILES string of the molecule is Cc1ccc(C(C)(O)C2CCc3cccnc32)cc1F. The molecule has 3 heteroatoms. The fourth-order valence-electron chi connectivity index (χ4n) is 3.07. The third-order valence-electron chi connectivity index (χ3n) is 4.39. The van der Waals surface area contributed by atoms with E-state index in [1.54, 1.807) is 32.2 Å². The number of pyridine rings is 1. The fraction of sp³-hybridized carbons (Fsp3) is 0.353. The highest BCUT2D eigenvalue weighted by molar-refractivity contribution is 5.36. The second-order valence-electron chi connectivity index (χ2n) is 5.75. The van der Waals surface area contributed by atoms with Gasteiger partial charge in [0, 0.05) is 17.8 Å². The summed E-state index contributed by atoms with van der Waals surface area (Å²) in [6.07, 6.45) is 3.51. The van der Waals surface area contributed by atoms with Crippen molar-refractivity contribution >= 4 is 0 Å². The quantitative estimate of drug-likeness (QED) is 0.907. The maximum Gasteiger partial charge on any atom is 0.126 e. The standard InChI is InChI=1S/C17H18FNO/c1-11-5-7-13(10-15(11)18)17(2,20)14-8-6-12-4-3-9-19-16(12)14/h3-5,7,9-10,14,20H,6,8H2,1-2H3. The molecular formula is C17H18FNO. The highest BCUT2D eigenvalue weighted by Crippen LogP contribution is 2.44. The number of aromatic nitrogens is 1. The van der Waals surface area contributed by atoms with Gasteiger partial charge in [-0.25, -0.2) is 4.39 Å². The molecule has 0 bridgehead atoms. The fourth-order valence-corrected chi connectivity index (χ4v) is 3.07. The molecule has 0 saturated heterocycles. The van der Waals surface area contributed by atoms with Crippen LogP contribution in [-0.2, 0) is 12.0 Å². The van der Waals surface area contributed by atoms with Crippen LogP contribution >= 0.6 is 0 Å². The van der Waals surface area contributed by atoms with Crippen LogP contribution in [-0.4, -0.2) is 10.1 Å². The van der Waals surface area contributed by atoms with Gasteiger partial charge in [-0.15, -0.1) is 0 Å². The van der Waals surface area contributed by atoms with Crippen molar-refractivity contribution in [2.24, 2.45) is 0 Å². The van der Waals surface area contributed by atoms with Crippen molar-refractivity contribution in [1.82, 2.24) is 4.98 Å². The number of rotatable bonds is 2. The molecule has 1 aliphatic rings. The van der Waals surface area contributed by atoms with Crippen LogP contribution < -0.4 is 0 Å². The van der Waals surface area contributed by atoms with Crippen molar-refractivity contribution in [2.75, 3.05) is 0 Å². The normalized spacial score (nSPS) is 20.5. The molecule has 1 heterocycles. The van der Waals surface area contributed by atoms with Crippen LogP contribution in [0.4, 0.5) is 4.39 Å². The lowest BCUT2D eigenvalue weighted by atomic mass is 9.81. The topological polar surface area (TPSA) is 33.1 Å². The molecule has 2 nitrogen and oxygen atoms in total. The highest BCUT2D eigenvalue weighted by Gasteiger charge is 2.40. The van der Waals surface area contributed by atoms with Crippen LogP contribution in [0.25, 0.3) is 0 Å². The first-order valence-electron chi connectivity index (χ1n) is 6.93. The van der Waals surface area contributed by atoms with Gasteiger partial charge in [0.15, 0.2) is 0 Å². The second kappa shape index (κ2) is 4.67. The van der Waals surface area contributed by atoms with Gasteiger partial charge in [0.25, 0.3) is 0 Å². The van der Waals surface area contributed by atoms with Crippen LogP contribution in [0.1, 0.15) is 41.6 Å². The molecule has 0 aliphatic heterocycles. The summed E-state index contributed by atoms with van der Waals surface area (Å²) in [6.45, 7) is 3.48. The third-order valence-corrected chi connectivity index (χ3v) is 4.39. The first-order valence-corrected chi connectivity index (χ1v) is 6.93. The van der Waals surface area contributed by atoms with Gasteiger partial charge < -0.3 is 5.11 Å². The molecule has 2 unspecified atom stereocenters. The van der Waals surface area contributed by atoms with Crippen molar-refractivity contribution in [3.63, 3.8) is 0 Å². The molecule has 0 amide bonds. The Bertz CT molecular complexity index is 651. The molecule has 2 atom stereocenters. The summed E-state index contributed by atoms with van der Waals surface area (Å²) >= 11 is 0. The van der Waals surface area contributed by atoms with Crippen LogP contribution in [0.2, 0.25) is 0 Å². The van der Waals surface area contributed by atoms with Crippen LogP contribution in [0.3, 0.4) is 0 Å². The lowest BCUT2D eigenvalue weighted by Gasteiger charge is -2.31. The highest BCUT2D eigenvalue weighted by atomic mass is 19.1. The number of nitrogens with zero attached hydrogens (tertiary/aromatic N) is 1. The predicted molar refractivity (Wildman–Crippen MR) is 76.0 cm³/mol. The van der Waals surface area contributed by atoms with Gasteiger partial charge in [0.2, 0.25) is 0 Å². The van der Waals surface area contributed by atoms with E-state index in [1.807, 2.05) is 12.1 Å². The molecule has 104 valence electrons. The van der Waals surface area contributed by atoms with E-state index in [-0.39, 0.29) is 11.7 Å². The van der Waals surface area contributed by atoms with Crippen molar-refractivity contribution < 1.29 is 9.50 Å². The zero-order chi connectivity index (χ0) is 14.3. The molecule has 3 rings (SSSR count). The minimum Gasteiger partial charge on any atom is -0.385 e. The summed E-state index contributed by atoms with van der Waals surface area (Å²) < 4.78 is 13.8. The second-order valence-corrected chi connectivity index (χ2v) is 5.75. The van der Waals surface area contributed by atoms with E-state index in [0.29, 0.717) is 11.1 Å². The maximum absolute atomic E-state index is 13.8. The predicted octanol–water partition coefficient (Wildman–Crippen LogP) is 3.47. The average molecular weight is 271 g/mol. The Morgan fingerprint density at radius 1 is 1.35 bits per heavy atom. The first kappa shape index (κ1) is 13.3. The van der Waals surface area contributed by atoms with Gasteiger partial charge in [0.1, 0.15) is 5.82 Å². The molecule has 1 aliphatic carbocycles. The smallest absolute Gasteiger partial charge is 0.126 e. The maximum atomic E-state index is 13.8. The van der Waals surface area contributed by atoms with E-state index >= 15 is 0 Å². The Kier molecular flexibility index (Phi) is 3.09. The summed E-state index contributed by atoms with van der Waals surface area (Å²) in [5, 5.41) is 10.9. The van der Waals surface area contributed by atoms with E-state index in [4.69, 9.17) is 0 Å². The zero-order valence-electron chi connectivity index (χ0n) is 11.7. The van der Waals surface area contributed by atoms with Gasteiger partial charge in [-0.1, -0.05) is 18.2 Å². The van der Waals surface area contributed by atoms with Crippen LogP contribution in [0, 0.1) is 12.7 Å². The molecule has 1 N–H and O–H groups in total. The number of halogens is 1. The molecule has 1 aromatic heterocycles. The van der Waals surface area contributed by atoms with Crippen LogP contribution in [0.5, 0.6) is 0 Å². The van der Waals surface area contributed by atoms with Gasteiger partial charge in [-0.2, -0.15) is 0 Å². The lowest BCUT2D eigenvalue weighted by molar-refractivity contribution is 0.0253. The minimum atomic E-state index is -1.10. The minimum absolute atomic E-state index is 0.0826. The molecule has 0 radical (unpaired) electrons. The Balaban J connectivity index is 2.02. The summed E-state index contributed by atoms with van der Waals surface area (Å²) in [5.41, 5.74) is 2.23. The number of aryl methyl sites for hydroxylation is 2. The van der Waals surface area contributed by atoms with Crippen molar-refractivity contribution in [3.05, 3.63) is 64.7 Å². The monoisotopic (exact) mass is 271 g/mol. The summed E-state index contributed by atoms with van der Waals surface area (Å²) in [7, 11) is 0. The van der Waals surface area contributed by atoms with E-state index in [2.05, 4.69) is 4.98 Å². The number of hydrogen-bond acceptors (Lipinski definition) is 2. The molecule has 2 aromatic rings. The molecule has 1 aromatic carbocycles. The van der Waals surface area contributed by atoms with E-state index < -0.39 is 5.60 Å². The Labute approximate surface area is 118 Å². The zero-order valence-corrected chi connectivity index (χ0v) is 11.7. The van der Waals surface area contributed by atoms with E-state index in [9.17, 15) is 9.50 Å². The van der Waals surface area contributed by atoms with E-state index in [0.717, 1.165) is 18.5 Å². The van der Waals surface area contributed by atoms with Crippen molar-refractivity contribution in [1.29, 1.82) is 0 Å². The summed E-state index contributed by atoms with van der Waals surface area (Å²) in [5.74, 6) is -0.358. The van der Waals surface area contributed by atoms with Crippen LogP contribution in [0.15, 0.2) is 36.5 Å². The molecular weight excluding hydrogens is 253 g/mol. The number of hydrogen-bond donors (Lipinski definition) is 1.